The summed E-state index contributed by atoms with van der Waals surface area (Å²) in [6.45, 7) is 0.580. The highest BCUT2D eigenvalue weighted by Gasteiger charge is 2.48. The number of carbonyl (C=O) groups is 1. The van der Waals surface area contributed by atoms with Crippen molar-refractivity contribution in [1.29, 1.82) is 0 Å². The summed E-state index contributed by atoms with van der Waals surface area (Å²) in [4.78, 5) is 34.1. The molecule has 1 aliphatic rings. The Kier molecular flexibility index (Phi) is 7.55. The largest absolute Gasteiger partial charge is 0.405 e. The van der Waals surface area contributed by atoms with Gasteiger partial charge in [0, 0.05) is 24.2 Å². The molecule has 0 aliphatic carbocycles. The fourth-order valence-corrected chi connectivity index (χ4v) is 4.33. The normalized spacial score (nSPS) is 21.1. The summed E-state index contributed by atoms with van der Waals surface area (Å²) in [7, 11) is 0. The molecule has 4 N–H and O–H groups in total. The Morgan fingerprint density at radius 1 is 1.18 bits per heavy atom. The van der Waals surface area contributed by atoms with Crippen LogP contribution < -0.4 is 10.6 Å². The van der Waals surface area contributed by atoms with E-state index >= 15 is 0 Å². The molecule has 0 saturated carbocycles. The molecule has 1 amide bonds. The number of hydrogen-bond acceptors (Lipinski definition) is 10. The zero-order valence-electron chi connectivity index (χ0n) is 20.7. The Morgan fingerprint density at radius 2 is 1.98 bits per heavy atom. The Morgan fingerprint density at radius 3 is 2.70 bits per heavy atom. The molecule has 1 saturated heterocycles. The van der Waals surface area contributed by atoms with Crippen molar-refractivity contribution in [2.24, 2.45) is 0 Å². The number of nitrogens with zero attached hydrogens (tertiary/aromatic N) is 6. The fraction of sp³-hybridized carbons (Fsp3) is 0.333. The van der Waals surface area contributed by atoms with Crippen LogP contribution in [0.4, 0.5) is 19.0 Å². The smallest absolute Gasteiger partial charge is 0.387 e. The molecule has 4 aromatic heterocycles. The zero-order valence-corrected chi connectivity index (χ0v) is 21.4. The van der Waals surface area contributed by atoms with E-state index in [4.69, 9.17) is 16.3 Å². The second kappa shape index (κ2) is 10.9. The quantitative estimate of drug-likeness (QED) is 0.256. The highest BCUT2D eigenvalue weighted by molar-refractivity contribution is 6.30. The van der Waals surface area contributed by atoms with Gasteiger partial charge in [0.25, 0.3) is 5.91 Å². The van der Waals surface area contributed by atoms with E-state index in [0.717, 1.165) is 11.3 Å². The Labute approximate surface area is 229 Å². The van der Waals surface area contributed by atoms with Gasteiger partial charge in [0.1, 0.15) is 18.8 Å². The van der Waals surface area contributed by atoms with Crippen LogP contribution in [0, 0.1) is 6.92 Å². The minimum Gasteiger partial charge on any atom is -0.387 e. The van der Waals surface area contributed by atoms with Crippen molar-refractivity contribution in [2.75, 3.05) is 11.9 Å². The molecule has 1 aliphatic heterocycles. The molecule has 12 nitrogen and oxygen atoms in total. The monoisotopic (exact) mass is 578 g/mol. The standard InChI is InChI=1S/C24H22ClF3N8O4/c1-11-2-3-30-14(4-11)8-31-20-15-21(35-19(34-20)12-5-13(25)7-29-6-12)36(10-33-15)23-17(38)16(37)18(40-23)22(39)32-9-24(26,27)28/h2-7,10,16-18,23,37-38H,8-9H2,1H3,(H,32,39)(H,31,34,35)/t16-,17+,18-,23+/m0/s1. The molecular formula is C24H22ClF3N8O4. The maximum atomic E-state index is 12.6. The lowest BCUT2D eigenvalue weighted by Gasteiger charge is -2.17. The van der Waals surface area contributed by atoms with Crippen molar-refractivity contribution in [3.63, 3.8) is 0 Å². The predicted octanol–water partition coefficient (Wildman–Crippen LogP) is 2.15. The van der Waals surface area contributed by atoms with Crippen LogP contribution in [0.1, 0.15) is 17.5 Å². The lowest BCUT2D eigenvalue weighted by molar-refractivity contribution is -0.149. The van der Waals surface area contributed by atoms with Crippen LogP contribution in [0.2, 0.25) is 5.02 Å². The van der Waals surface area contributed by atoms with Crippen molar-refractivity contribution in [1.82, 2.24) is 34.8 Å². The van der Waals surface area contributed by atoms with Gasteiger partial charge in [0.2, 0.25) is 0 Å². The number of fused-ring (bicyclic) bond motifs is 1. The molecular weight excluding hydrogens is 557 g/mol. The van der Waals surface area contributed by atoms with Gasteiger partial charge < -0.3 is 25.6 Å². The highest BCUT2D eigenvalue weighted by atomic mass is 35.5. The van der Waals surface area contributed by atoms with Gasteiger partial charge in [-0.3, -0.25) is 19.3 Å². The van der Waals surface area contributed by atoms with E-state index < -0.39 is 43.2 Å². The fourth-order valence-electron chi connectivity index (χ4n) is 4.15. The number of aliphatic hydroxyl groups excluding tert-OH is 2. The second-order valence-corrected chi connectivity index (χ2v) is 9.49. The van der Waals surface area contributed by atoms with E-state index in [1.807, 2.05) is 19.1 Å². The summed E-state index contributed by atoms with van der Waals surface area (Å²) < 4.78 is 44.5. The molecule has 210 valence electrons. The van der Waals surface area contributed by atoms with Gasteiger partial charge in [0.15, 0.2) is 35.1 Å². The van der Waals surface area contributed by atoms with Gasteiger partial charge in [-0.05, 0) is 30.7 Å². The van der Waals surface area contributed by atoms with Crippen molar-refractivity contribution in [3.8, 4) is 11.4 Å². The molecule has 0 bridgehead atoms. The summed E-state index contributed by atoms with van der Waals surface area (Å²) in [6, 6.07) is 5.34. The summed E-state index contributed by atoms with van der Waals surface area (Å²) in [5.74, 6) is -0.768. The molecule has 0 spiro atoms. The number of aliphatic hydroxyl groups is 2. The van der Waals surface area contributed by atoms with Crippen molar-refractivity contribution in [2.45, 2.75) is 44.2 Å². The van der Waals surface area contributed by atoms with Crippen LogP contribution in [0.3, 0.4) is 0 Å². The van der Waals surface area contributed by atoms with E-state index in [1.165, 1.54) is 23.3 Å². The van der Waals surface area contributed by atoms with Crippen molar-refractivity contribution < 1.29 is 32.9 Å². The Bertz CT molecular complexity index is 1550. The number of nitrogens with one attached hydrogen (secondary N) is 2. The maximum Gasteiger partial charge on any atom is 0.405 e. The molecule has 0 radical (unpaired) electrons. The number of aryl methyl sites for hydroxylation is 1. The molecule has 0 aromatic carbocycles. The third kappa shape index (κ3) is 5.82. The van der Waals surface area contributed by atoms with Crippen LogP contribution in [-0.4, -0.2) is 76.6 Å². The number of alkyl halides is 3. The lowest BCUT2D eigenvalue weighted by atomic mass is 10.1. The van der Waals surface area contributed by atoms with Gasteiger partial charge >= 0.3 is 6.18 Å². The number of aromatic nitrogens is 6. The minimum absolute atomic E-state index is 0.136. The van der Waals surface area contributed by atoms with Gasteiger partial charge in [-0.15, -0.1) is 0 Å². The molecule has 1 fully saturated rings. The summed E-state index contributed by atoms with van der Waals surface area (Å²) in [5.41, 5.74) is 2.58. The molecule has 4 atom stereocenters. The number of amides is 1. The SMILES string of the molecule is Cc1ccnc(CNc2nc(-c3cncc(Cl)c3)nc3c2ncn3[C@@H]2O[C@H](C(=O)NCC(F)(F)F)[C@@H](O)[C@H]2O)c1. The predicted molar refractivity (Wildman–Crippen MR) is 135 cm³/mol. The van der Waals surface area contributed by atoms with Gasteiger partial charge in [-0.25, -0.2) is 15.0 Å². The average Bonchev–Trinajstić information content (AvgIpc) is 3.46. The van der Waals surface area contributed by atoms with E-state index in [2.05, 4.69) is 30.2 Å². The van der Waals surface area contributed by atoms with E-state index in [9.17, 15) is 28.2 Å². The topological polar surface area (TPSA) is 160 Å². The number of halogens is 4. The van der Waals surface area contributed by atoms with Crippen molar-refractivity contribution >= 4 is 34.5 Å². The third-order valence-electron chi connectivity index (χ3n) is 6.03. The van der Waals surface area contributed by atoms with Crippen LogP contribution in [0.25, 0.3) is 22.6 Å². The molecule has 40 heavy (non-hydrogen) atoms. The summed E-state index contributed by atoms with van der Waals surface area (Å²) >= 11 is 6.11. The zero-order chi connectivity index (χ0) is 28.6. The average molecular weight is 579 g/mol. The van der Waals surface area contributed by atoms with E-state index in [1.54, 1.807) is 17.6 Å². The number of pyridine rings is 2. The second-order valence-electron chi connectivity index (χ2n) is 9.05. The van der Waals surface area contributed by atoms with Crippen molar-refractivity contribution in [3.05, 3.63) is 59.4 Å². The van der Waals surface area contributed by atoms with Crippen LogP contribution in [-0.2, 0) is 16.1 Å². The molecule has 16 heteroatoms. The summed E-state index contributed by atoms with van der Waals surface area (Å²) in [6.07, 6.45) is -5.52. The minimum atomic E-state index is -4.67. The number of carbonyl (C=O) groups excluding carboxylic acids is 1. The number of anilines is 1. The number of rotatable bonds is 7. The lowest BCUT2D eigenvalue weighted by Crippen LogP contribution is -2.45. The molecule has 5 rings (SSSR count). The first-order chi connectivity index (χ1) is 19.0. The van der Waals surface area contributed by atoms with Crippen LogP contribution >= 0.6 is 11.6 Å². The van der Waals surface area contributed by atoms with E-state index in [-0.39, 0.29) is 29.4 Å². The Hall–Kier alpha value is -3.92. The molecule has 5 heterocycles. The first kappa shape index (κ1) is 27.6. The van der Waals surface area contributed by atoms with E-state index in [0.29, 0.717) is 10.6 Å². The van der Waals surface area contributed by atoms with Crippen LogP contribution in [0.5, 0.6) is 0 Å². The third-order valence-corrected chi connectivity index (χ3v) is 6.23. The van der Waals surface area contributed by atoms with Crippen LogP contribution in [0.15, 0.2) is 43.1 Å². The molecule has 0 unspecified atom stereocenters. The maximum absolute atomic E-state index is 12.6. The first-order valence-electron chi connectivity index (χ1n) is 11.9. The highest BCUT2D eigenvalue weighted by Crippen LogP contribution is 2.34. The number of ether oxygens (including phenoxy) is 1. The first-order valence-corrected chi connectivity index (χ1v) is 12.2. The number of imidazole rings is 1. The Balaban J connectivity index is 1.51. The van der Waals surface area contributed by atoms with Gasteiger partial charge in [-0.1, -0.05) is 11.6 Å². The molecule has 4 aromatic rings. The number of hydrogen-bond donors (Lipinski definition) is 4. The summed E-state index contributed by atoms with van der Waals surface area (Å²) in [5, 5.41) is 26.3. The van der Waals surface area contributed by atoms with Gasteiger partial charge in [0.05, 0.1) is 23.6 Å². The van der Waals surface area contributed by atoms with Gasteiger partial charge in [-0.2, -0.15) is 13.2 Å².